The third-order valence-electron chi connectivity index (χ3n) is 3.53. The van der Waals surface area contributed by atoms with Crippen LogP contribution in [-0.2, 0) is 28.9 Å². The fraction of sp³-hybridized carbons (Fsp3) is 0.467. The summed E-state index contributed by atoms with van der Waals surface area (Å²) < 4.78 is 0. The van der Waals surface area contributed by atoms with E-state index in [1.54, 1.807) is 0 Å². The van der Waals surface area contributed by atoms with Gasteiger partial charge in [0.15, 0.2) is 0 Å². The lowest BCUT2D eigenvalue weighted by Crippen LogP contribution is -2.39. The van der Waals surface area contributed by atoms with Gasteiger partial charge in [-0.15, -0.1) is 0 Å². The predicted molar refractivity (Wildman–Crippen MR) is 72.0 cm³/mol. The van der Waals surface area contributed by atoms with E-state index in [0.717, 1.165) is 18.4 Å². The van der Waals surface area contributed by atoms with E-state index in [1.807, 2.05) is 6.07 Å². The zero-order valence-corrected chi connectivity index (χ0v) is 11.1. The maximum atomic E-state index is 11.7. The molecule has 1 aromatic carbocycles. The highest BCUT2D eigenvalue weighted by Crippen LogP contribution is 2.22. The average Bonchev–Trinajstić information content (AvgIpc) is 2.38. The summed E-state index contributed by atoms with van der Waals surface area (Å²) in [6, 6.07) is 5.30. The molecule has 1 aliphatic carbocycles. The summed E-state index contributed by atoms with van der Waals surface area (Å²) in [5.41, 5.74) is 3.67. The van der Waals surface area contributed by atoms with Crippen LogP contribution in [0.1, 0.15) is 36.5 Å². The highest BCUT2D eigenvalue weighted by Gasteiger charge is 2.15. The smallest absolute Gasteiger partial charge is 0.325 e. The van der Waals surface area contributed by atoms with Crippen LogP contribution in [0.15, 0.2) is 18.2 Å². The average molecular weight is 261 g/mol. The van der Waals surface area contributed by atoms with E-state index in [9.17, 15) is 9.59 Å². The largest absolute Gasteiger partial charge is 0.480 e. The fourth-order valence-electron chi connectivity index (χ4n) is 2.44. The number of carbonyl (C=O) groups is 2. The first-order valence-corrected chi connectivity index (χ1v) is 6.69. The SMILES string of the molecule is CC(NC(=O)Cc1ccc2c(c1)CCCC2)C(=O)O. The zero-order valence-electron chi connectivity index (χ0n) is 11.1. The van der Waals surface area contributed by atoms with Gasteiger partial charge in [0.2, 0.25) is 5.91 Å². The van der Waals surface area contributed by atoms with Crippen molar-refractivity contribution in [3.63, 3.8) is 0 Å². The Morgan fingerprint density at radius 2 is 1.95 bits per heavy atom. The number of nitrogens with one attached hydrogen (secondary N) is 1. The van der Waals surface area contributed by atoms with Crippen molar-refractivity contribution < 1.29 is 14.7 Å². The van der Waals surface area contributed by atoms with Crippen molar-refractivity contribution in [2.75, 3.05) is 0 Å². The molecule has 0 fully saturated rings. The molecule has 19 heavy (non-hydrogen) atoms. The predicted octanol–water partition coefficient (Wildman–Crippen LogP) is 1.70. The lowest BCUT2D eigenvalue weighted by molar-refractivity contribution is -0.141. The van der Waals surface area contributed by atoms with Crippen molar-refractivity contribution in [3.8, 4) is 0 Å². The Bertz CT molecular complexity index is 496. The van der Waals surface area contributed by atoms with Crippen LogP contribution in [-0.4, -0.2) is 23.0 Å². The molecule has 0 saturated heterocycles. The second-order valence-corrected chi connectivity index (χ2v) is 5.11. The monoisotopic (exact) mass is 261 g/mol. The molecular weight excluding hydrogens is 242 g/mol. The number of carboxylic acids is 1. The van der Waals surface area contributed by atoms with E-state index in [2.05, 4.69) is 17.4 Å². The van der Waals surface area contributed by atoms with Gasteiger partial charge < -0.3 is 10.4 Å². The number of benzene rings is 1. The van der Waals surface area contributed by atoms with E-state index >= 15 is 0 Å². The molecule has 102 valence electrons. The molecule has 0 heterocycles. The molecule has 1 atom stereocenters. The van der Waals surface area contributed by atoms with E-state index < -0.39 is 12.0 Å². The van der Waals surface area contributed by atoms with Crippen LogP contribution in [0.2, 0.25) is 0 Å². The van der Waals surface area contributed by atoms with Gasteiger partial charge in [-0.1, -0.05) is 18.2 Å². The molecule has 1 aliphatic rings. The van der Waals surface area contributed by atoms with E-state index in [0.29, 0.717) is 0 Å². The molecule has 0 aromatic heterocycles. The lowest BCUT2D eigenvalue weighted by Gasteiger charge is -2.16. The minimum Gasteiger partial charge on any atom is -0.480 e. The molecule has 2 rings (SSSR count). The first kappa shape index (κ1) is 13.6. The Hall–Kier alpha value is -1.84. The highest BCUT2D eigenvalue weighted by atomic mass is 16.4. The Labute approximate surface area is 112 Å². The Balaban J connectivity index is 1.99. The number of hydrogen-bond acceptors (Lipinski definition) is 2. The molecule has 0 spiro atoms. The van der Waals surface area contributed by atoms with Crippen molar-refractivity contribution in [1.29, 1.82) is 0 Å². The number of amides is 1. The molecule has 4 heteroatoms. The number of aryl methyl sites for hydroxylation is 2. The van der Waals surface area contributed by atoms with Gasteiger partial charge in [-0.25, -0.2) is 0 Å². The number of aliphatic carboxylic acids is 1. The molecule has 2 N–H and O–H groups in total. The van der Waals surface area contributed by atoms with Crippen LogP contribution >= 0.6 is 0 Å². The molecular formula is C15H19NO3. The van der Waals surface area contributed by atoms with Gasteiger partial charge in [0.05, 0.1) is 6.42 Å². The number of carbonyl (C=O) groups excluding carboxylic acids is 1. The summed E-state index contributed by atoms with van der Waals surface area (Å²) in [6.45, 7) is 1.47. The number of hydrogen-bond donors (Lipinski definition) is 2. The van der Waals surface area contributed by atoms with E-state index in [-0.39, 0.29) is 12.3 Å². The second kappa shape index (κ2) is 5.87. The van der Waals surface area contributed by atoms with Crippen molar-refractivity contribution in [3.05, 3.63) is 34.9 Å². The highest BCUT2D eigenvalue weighted by molar-refractivity contribution is 5.84. The molecule has 0 saturated carbocycles. The molecule has 4 nitrogen and oxygen atoms in total. The minimum absolute atomic E-state index is 0.241. The quantitative estimate of drug-likeness (QED) is 0.867. The first-order valence-electron chi connectivity index (χ1n) is 6.69. The van der Waals surface area contributed by atoms with Crippen LogP contribution in [0.3, 0.4) is 0 Å². The minimum atomic E-state index is -1.02. The maximum absolute atomic E-state index is 11.7. The van der Waals surface area contributed by atoms with Gasteiger partial charge >= 0.3 is 5.97 Å². The van der Waals surface area contributed by atoms with Gasteiger partial charge in [0.25, 0.3) is 0 Å². The summed E-state index contributed by atoms with van der Waals surface area (Å²) >= 11 is 0. The van der Waals surface area contributed by atoms with Crippen LogP contribution in [0.25, 0.3) is 0 Å². The van der Waals surface area contributed by atoms with Crippen LogP contribution in [0, 0.1) is 0 Å². The third kappa shape index (κ3) is 3.56. The van der Waals surface area contributed by atoms with Gasteiger partial charge in [0.1, 0.15) is 6.04 Å². The lowest BCUT2D eigenvalue weighted by atomic mass is 9.90. The summed E-state index contributed by atoms with van der Waals surface area (Å²) in [4.78, 5) is 22.4. The summed E-state index contributed by atoms with van der Waals surface area (Å²) in [7, 11) is 0. The van der Waals surface area contributed by atoms with Crippen molar-refractivity contribution in [1.82, 2.24) is 5.32 Å². The normalized spacial score (nSPS) is 15.4. The summed E-state index contributed by atoms with van der Waals surface area (Å²) in [5, 5.41) is 11.2. The molecule has 1 amide bonds. The fourth-order valence-corrected chi connectivity index (χ4v) is 2.44. The second-order valence-electron chi connectivity index (χ2n) is 5.11. The van der Waals surface area contributed by atoms with Crippen molar-refractivity contribution in [2.45, 2.75) is 45.1 Å². The maximum Gasteiger partial charge on any atom is 0.325 e. The number of fused-ring (bicyclic) bond motifs is 1. The van der Waals surface area contributed by atoms with E-state index in [1.165, 1.54) is 30.9 Å². The Morgan fingerprint density at radius 3 is 2.63 bits per heavy atom. The van der Waals surface area contributed by atoms with Gasteiger partial charge in [-0.05, 0) is 49.3 Å². The van der Waals surface area contributed by atoms with Crippen LogP contribution < -0.4 is 5.32 Å². The molecule has 0 bridgehead atoms. The van der Waals surface area contributed by atoms with Crippen LogP contribution in [0.4, 0.5) is 0 Å². The Kier molecular flexibility index (Phi) is 4.20. The van der Waals surface area contributed by atoms with Crippen LogP contribution in [0.5, 0.6) is 0 Å². The summed E-state index contributed by atoms with van der Waals surface area (Å²) in [5.74, 6) is -1.26. The third-order valence-corrected chi connectivity index (χ3v) is 3.53. The molecule has 1 unspecified atom stereocenters. The molecule has 1 aromatic rings. The van der Waals surface area contributed by atoms with Crippen molar-refractivity contribution >= 4 is 11.9 Å². The number of rotatable bonds is 4. The molecule has 0 aliphatic heterocycles. The Morgan fingerprint density at radius 1 is 1.26 bits per heavy atom. The van der Waals surface area contributed by atoms with Crippen molar-refractivity contribution in [2.24, 2.45) is 0 Å². The van der Waals surface area contributed by atoms with Gasteiger partial charge in [0, 0.05) is 0 Å². The standard InChI is InChI=1S/C15H19NO3/c1-10(15(18)19)16-14(17)9-11-6-7-12-4-2-3-5-13(12)8-11/h6-8,10H,2-5,9H2,1H3,(H,16,17)(H,18,19). The topological polar surface area (TPSA) is 66.4 Å². The molecule has 0 radical (unpaired) electrons. The van der Waals surface area contributed by atoms with E-state index in [4.69, 9.17) is 5.11 Å². The summed E-state index contributed by atoms with van der Waals surface area (Å²) in [6.07, 6.45) is 4.89. The zero-order chi connectivity index (χ0) is 13.8. The first-order chi connectivity index (χ1) is 9.06. The number of carboxylic acid groups (broad SMARTS) is 1. The van der Waals surface area contributed by atoms with Gasteiger partial charge in [-0.3, -0.25) is 9.59 Å². The van der Waals surface area contributed by atoms with Gasteiger partial charge in [-0.2, -0.15) is 0 Å².